The molecule has 0 radical (unpaired) electrons. The molecule has 6 nitrogen and oxygen atoms in total. The lowest BCUT2D eigenvalue weighted by Crippen LogP contribution is -2.50. The molecule has 3 unspecified atom stereocenters. The summed E-state index contributed by atoms with van der Waals surface area (Å²) in [7, 11) is 0. The molecule has 0 aromatic carbocycles. The maximum Gasteiger partial charge on any atom is 0.320 e. The fourth-order valence-corrected chi connectivity index (χ4v) is 3.36. The van der Waals surface area contributed by atoms with Crippen molar-refractivity contribution in [1.29, 1.82) is 0 Å². The monoisotopic (exact) mass is 284 g/mol. The molecule has 2 fully saturated rings. The number of aliphatic hydroxyl groups excluding tert-OH is 1. The molecule has 0 bridgehead atoms. The number of carboxylic acid groups (broad SMARTS) is 1. The van der Waals surface area contributed by atoms with Crippen molar-refractivity contribution in [2.24, 2.45) is 11.8 Å². The van der Waals surface area contributed by atoms with Gasteiger partial charge in [0.25, 0.3) is 0 Å². The van der Waals surface area contributed by atoms with Gasteiger partial charge in [0.15, 0.2) is 0 Å². The highest BCUT2D eigenvalue weighted by atomic mass is 16.4. The Bertz CT molecular complexity index is 374. The average Bonchev–Trinajstić information content (AvgIpc) is 2.78. The Kier molecular flexibility index (Phi) is 4.86. The van der Waals surface area contributed by atoms with Crippen molar-refractivity contribution in [3.8, 4) is 0 Å². The molecule has 2 N–H and O–H groups in total. The standard InChI is InChI=1S/C14H24N2O4/c1-10-4-6-16(12(10)9-17)14(20)15-5-2-3-11(8-15)7-13(18)19/h10-12,17H,2-9H2,1H3,(H,18,19). The molecular weight excluding hydrogens is 260 g/mol. The van der Waals surface area contributed by atoms with E-state index in [0.717, 1.165) is 19.3 Å². The fourth-order valence-electron chi connectivity index (χ4n) is 3.36. The average molecular weight is 284 g/mol. The zero-order valence-electron chi connectivity index (χ0n) is 12.0. The van der Waals surface area contributed by atoms with Gasteiger partial charge < -0.3 is 20.0 Å². The highest BCUT2D eigenvalue weighted by Crippen LogP contribution is 2.27. The third-order valence-electron chi connectivity index (χ3n) is 4.57. The maximum absolute atomic E-state index is 12.5. The second-order valence-electron chi connectivity index (χ2n) is 6.04. The van der Waals surface area contributed by atoms with Gasteiger partial charge >= 0.3 is 12.0 Å². The largest absolute Gasteiger partial charge is 0.481 e. The van der Waals surface area contributed by atoms with Gasteiger partial charge in [-0.15, -0.1) is 0 Å². The van der Waals surface area contributed by atoms with Gasteiger partial charge in [0.05, 0.1) is 12.6 Å². The minimum absolute atomic E-state index is 0.000693. The molecule has 2 amide bonds. The topological polar surface area (TPSA) is 81.1 Å². The van der Waals surface area contributed by atoms with Gasteiger partial charge in [-0.3, -0.25) is 4.79 Å². The molecule has 2 aliphatic heterocycles. The molecule has 2 rings (SSSR count). The van der Waals surface area contributed by atoms with E-state index in [2.05, 4.69) is 6.92 Å². The number of carbonyl (C=O) groups excluding carboxylic acids is 1. The predicted molar refractivity (Wildman–Crippen MR) is 73.3 cm³/mol. The molecule has 0 saturated carbocycles. The molecule has 0 spiro atoms. The van der Waals surface area contributed by atoms with Crippen LogP contribution in [0.3, 0.4) is 0 Å². The summed E-state index contributed by atoms with van der Waals surface area (Å²) in [6.45, 7) is 3.95. The number of aliphatic carboxylic acids is 1. The number of hydrogen-bond donors (Lipinski definition) is 2. The number of carbonyl (C=O) groups is 2. The number of hydrogen-bond acceptors (Lipinski definition) is 3. The molecule has 114 valence electrons. The second kappa shape index (κ2) is 6.43. The lowest BCUT2D eigenvalue weighted by molar-refractivity contribution is -0.138. The van der Waals surface area contributed by atoms with Gasteiger partial charge in [0, 0.05) is 26.1 Å². The van der Waals surface area contributed by atoms with Crippen LogP contribution in [0.2, 0.25) is 0 Å². The molecule has 0 aliphatic carbocycles. The van der Waals surface area contributed by atoms with Crippen LogP contribution in [0.1, 0.15) is 32.6 Å². The highest BCUT2D eigenvalue weighted by Gasteiger charge is 2.37. The second-order valence-corrected chi connectivity index (χ2v) is 6.04. The van der Waals surface area contributed by atoms with E-state index in [1.54, 1.807) is 9.80 Å². The van der Waals surface area contributed by atoms with Crippen molar-refractivity contribution >= 4 is 12.0 Å². The van der Waals surface area contributed by atoms with Crippen LogP contribution in [0.25, 0.3) is 0 Å². The molecule has 20 heavy (non-hydrogen) atoms. The number of rotatable bonds is 3. The Morgan fingerprint density at radius 2 is 2.00 bits per heavy atom. The van der Waals surface area contributed by atoms with Gasteiger partial charge in [0.2, 0.25) is 0 Å². The summed E-state index contributed by atoms with van der Waals surface area (Å²) < 4.78 is 0. The van der Waals surface area contributed by atoms with Crippen LogP contribution in [0.15, 0.2) is 0 Å². The molecule has 2 aliphatic rings. The fraction of sp³-hybridized carbons (Fsp3) is 0.857. The van der Waals surface area contributed by atoms with Crippen molar-refractivity contribution in [2.45, 2.75) is 38.6 Å². The summed E-state index contributed by atoms with van der Waals surface area (Å²) in [4.78, 5) is 26.9. The van der Waals surface area contributed by atoms with E-state index in [9.17, 15) is 14.7 Å². The van der Waals surface area contributed by atoms with E-state index in [1.807, 2.05) is 0 Å². The van der Waals surface area contributed by atoms with Crippen LogP contribution in [0.5, 0.6) is 0 Å². The first-order valence-electron chi connectivity index (χ1n) is 7.41. The third-order valence-corrected chi connectivity index (χ3v) is 4.57. The van der Waals surface area contributed by atoms with Gasteiger partial charge in [0.1, 0.15) is 0 Å². The molecule has 3 atom stereocenters. The molecule has 0 aromatic rings. The van der Waals surface area contributed by atoms with E-state index >= 15 is 0 Å². The Morgan fingerprint density at radius 3 is 2.65 bits per heavy atom. The SMILES string of the molecule is CC1CCN(C(=O)N2CCCC(CC(=O)O)C2)C1CO. The first kappa shape index (κ1) is 15.1. The number of urea groups is 1. The zero-order chi connectivity index (χ0) is 14.7. The van der Waals surface area contributed by atoms with Crippen LogP contribution in [-0.2, 0) is 4.79 Å². The van der Waals surface area contributed by atoms with Gasteiger partial charge in [-0.05, 0) is 31.1 Å². The van der Waals surface area contributed by atoms with Gasteiger partial charge in [-0.1, -0.05) is 6.92 Å². The molecule has 6 heteroatoms. The first-order valence-corrected chi connectivity index (χ1v) is 7.41. The summed E-state index contributed by atoms with van der Waals surface area (Å²) >= 11 is 0. The minimum Gasteiger partial charge on any atom is -0.481 e. The Hall–Kier alpha value is -1.30. The number of likely N-dealkylation sites (tertiary alicyclic amines) is 2. The number of piperidine rings is 1. The van der Waals surface area contributed by atoms with E-state index < -0.39 is 5.97 Å². The zero-order valence-corrected chi connectivity index (χ0v) is 12.0. The van der Waals surface area contributed by atoms with E-state index in [0.29, 0.717) is 25.6 Å². The summed E-state index contributed by atoms with van der Waals surface area (Å²) in [5.41, 5.74) is 0. The summed E-state index contributed by atoms with van der Waals surface area (Å²) in [5.74, 6) is -0.423. The number of aliphatic hydroxyl groups is 1. The summed E-state index contributed by atoms with van der Waals surface area (Å²) in [6.07, 6.45) is 2.78. The lowest BCUT2D eigenvalue weighted by Gasteiger charge is -2.37. The summed E-state index contributed by atoms with van der Waals surface area (Å²) in [5, 5.41) is 18.3. The van der Waals surface area contributed by atoms with Crippen molar-refractivity contribution < 1.29 is 19.8 Å². The smallest absolute Gasteiger partial charge is 0.320 e. The van der Waals surface area contributed by atoms with Gasteiger partial charge in [-0.2, -0.15) is 0 Å². The molecular formula is C14H24N2O4. The van der Waals surface area contributed by atoms with Crippen molar-refractivity contribution in [2.75, 3.05) is 26.2 Å². The van der Waals surface area contributed by atoms with Crippen LogP contribution in [-0.4, -0.2) is 64.3 Å². The van der Waals surface area contributed by atoms with Crippen molar-refractivity contribution in [3.63, 3.8) is 0 Å². The Balaban J connectivity index is 1.96. The van der Waals surface area contributed by atoms with Crippen LogP contribution < -0.4 is 0 Å². The van der Waals surface area contributed by atoms with Crippen molar-refractivity contribution in [3.05, 3.63) is 0 Å². The Labute approximate surface area is 119 Å². The van der Waals surface area contributed by atoms with Crippen LogP contribution >= 0.6 is 0 Å². The van der Waals surface area contributed by atoms with Gasteiger partial charge in [-0.25, -0.2) is 4.79 Å². The Morgan fingerprint density at radius 1 is 1.25 bits per heavy atom. The van der Waals surface area contributed by atoms with Crippen molar-refractivity contribution in [1.82, 2.24) is 9.80 Å². The number of carboxylic acids is 1. The number of amides is 2. The quantitative estimate of drug-likeness (QED) is 0.810. The van der Waals surface area contributed by atoms with E-state index in [1.165, 1.54) is 0 Å². The lowest BCUT2D eigenvalue weighted by atomic mass is 9.95. The third kappa shape index (κ3) is 3.23. The first-order chi connectivity index (χ1) is 9.52. The van der Waals surface area contributed by atoms with Crippen LogP contribution in [0.4, 0.5) is 4.79 Å². The maximum atomic E-state index is 12.5. The molecule has 0 aromatic heterocycles. The minimum atomic E-state index is -0.799. The molecule has 2 saturated heterocycles. The van der Waals surface area contributed by atoms with Crippen LogP contribution in [0, 0.1) is 11.8 Å². The highest BCUT2D eigenvalue weighted by molar-refractivity contribution is 5.75. The van der Waals surface area contributed by atoms with E-state index in [-0.39, 0.29) is 31.0 Å². The summed E-state index contributed by atoms with van der Waals surface area (Å²) in [6, 6.07) is -0.133. The normalized spacial score (nSPS) is 30.6. The number of nitrogens with zero attached hydrogens (tertiary/aromatic N) is 2. The molecule has 2 heterocycles. The van der Waals surface area contributed by atoms with E-state index in [4.69, 9.17) is 5.11 Å². The predicted octanol–water partition coefficient (Wildman–Crippen LogP) is 0.996.